The van der Waals surface area contributed by atoms with E-state index < -0.39 is 0 Å². The number of halogens is 2. The van der Waals surface area contributed by atoms with Gasteiger partial charge in [-0.05, 0) is 42.9 Å². The normalized spacial score (nSPS) is 20.8. The lowest BCUT2D eigenvalue weighted by Gasteiger charge is -2.14. The average molecular weight is 320 g/mol. The Morgan fingerprint density at radius 3 is 2.77 bits per heavy atom. The Balaban J connectivity index is 1.62. The van der Waals surface area contributed by atoms with Gasteiger partial charge < -0.3 is 5.32 Å². The number of amides is 1. The first-order chi connectivity index (χ1) is 10.6. The molecule has 6 heteroatoms. The van der Waals surface area contributed by atoms with Gasteiger partial charge in [0.2, 0.25) is 0 Å². The van der Waals surface area contributed by atoms with Crippen molar-refractivity contribution in [2.75, 3.05) is 0 Å². The van der Waals surface area contributed by atoms with Crippen LogP contribution in [0.25, 0.3) is 0 Å². The minimum Gasteiger partial charge on any atom is -0.348 e. The number of hydrogen-bond acceptors (Lipinski definition) is 3. The Morgan fingerprint density at radius 1 is 1.27 bits per heavy atom. The van der Waals surface area contributed by atoms with Gasteiger partial charge in [0.25, 0.3) is 5.91 Å². The third-order valence-corrected chi connectivity index (χ3v) is 4.27. The van der Waals surface area contributed by atoms with Crippen LogP contribution in [0.1, 0.15) is 41.2 Å². The molecule has 22 heavy (non-hydrogen) atoms. The molecule has 0 spiro atoms. The number of benzene rings is 1. The molecule has 0 aliphatic heterocycles. The minimum absolute atomic E-state index is 0.0774. The minimum atomic E-state index is -0.280. The molecule has 1 N–H and O–H groups in total. The molecule has 1 heterocycles. The fourth-order valence-electron chi connectivity index (χ4n) is 2.88. The van der Waals surface area contributed by atoms with Gasteiger partial charge in [-0.3, -0.25) is 4.79 Å². The molecule has 0 radical (unpaired) electrons. The van der Waals surface area contributed by atoms with E-state index >= 15 is 0 Å². The van der Waals surface area contributed by atoms with Gasteiger partial charge >= 0.3 is 0 Å². The SMILES string of the molecule is O=C(N[C@H]1CC[C@@H](c2ccc(F)cc2)C1)c1ncncc1Cl. The summed E-state index contributed by atoms with van der Waals surface area (Å²) in [6, 6.07) is 6.65. The summed E-state index contributed by atoms with van der Waals surface area (Å²) in [6.45, 7) is 0. The number of nitrogens with zero attached hydrogens (tertiary/aromatic N) is 2. The topological polar surface area (TPSA) is 54.9 Å². The van der Waals surface area contributed by atoms with E-state index in [0.29, 0.717) is 5.92 Å². The summed E-state index contributed by atoms with van der Waals surface area (Å²) < 4.78 is 13.0. The first kappa shape index (κ1) is 14.9. The van der Waals surface area contributed by atoms with Crippen LogP contribution < -0.4 is 5.32 Å². The van der Waals surface area contributed by atoms with Crippen LogP contribution in [-0.2, 0) is 0 Å². The standard InChI is InChI=1S/C16H15ClFN3O/c17-14-8-19-9-20-15(14)16(22)21-13-6-3-11(7-13)10-1-4-12(18)5-2-10/h1-2,4-5,8-9,11,13H,3,6-7H2,(H,21,22)/t11-,13+/m1/s1. The predicted molar refractivity (Wildman–Crippen MR) is 81.3 cm³/mol. The molecule has 1 saturated carbocycles. The van der Waals surface area contributed by atoms with E-state index in [1.807, 2.05) is 12.1 Å². The lowest BCUT2D eigenvalue weighted by molar-refractivity contribution is 0.0932. The average Bonchev–Trinajstić information content (AvgIpc) is 2.97. The van der Waals surface area contributed by atoms with E-state index in [4.69, 9.17) is 11.6 Å². The monoisotopic (exact) mass is 319 g/mol. The molecule has 4 nitrogen and oxygen atoms in total. The molecule has 2 atom stereocenters. The smallest absolute Gasteiger partial charge is 0.271 e. The second-order valence-electron chi connectivity index (χ2n) is 5.45. The number of aromatic nitrogens is 2. The maximum Gasteiger partial charge on any atom is 0.271 e. The Kier molecular flexibility index (Phi) is 4.34. The fraction of sp³-hybridized carbons (Fsp3) is 0.312. The molecule has 0 unspecified atom stereocenters. The molecule has 1 fully saturated rings. The molecule has 0 saturated heterocycles. The predicted octanol–water partition coefficient (Wildman–Crippen LogP) is 3.34. The molecule has 1 amide bonds. The number of hydrogen-bond donors (Lipinski definition) is 1. The molecule has 0 bridgehead atoms. The van der Waals surface area contributed by atoms with Crippen molar-refractivity contribution >= 4 is 17.5 Å². The summed E-state index contributed by atoms with van der Waals surface area (Å²) in [5, 5.41) is 3.20. The van der Waals surface area contributed by atoms with Crippen molar-refractivity contribution in [2.24, 2.45) is 0 Å². The number of rotatable bonds is 3. The van der Waals surface area contributed by atoms with Gasteiger partial charge in [-0.25, -0.2) is 14.4 Å². The third-order valence-electron chi connectivity index (χ3n) is 3.99. The molecule has 3 rings (SSSR count). The van der Waals surface area contributed by atoms with E-state index in [1.54, 1.807) is 0 Å². The van der Waals surface area contributed by atoms with Crippen molar-refractivity contribution in [3.8, 4) is 0 Å². The molecule has 1 aliphatic carbocycles. The second-order valence-corrected chi connectivity index (χ2v) is 5.86. The van der Waals surface area contributed by atoms with Gasteiger partial charge in [-0.2, -0.15) is 0 Å². The maximum absolute atomic E-state index is 13.0. The van der Waals surface area contributed by atoms with E-state index in [0.717, 1.165) is 24.8 Å². The Labute approximate surface area is 132 Å². The summed E-state index contributed by atoms with van der Waals surface area (Å²) in [6.07, 6.45) is 5.39. The van der Waals surface area contributed by atoms with E-state index in [9.17, 15) is 9.18 Å². The molecule has 1 aliphatic rings. The number of carbonyl (C=O) groups excluding carboxylic acids is 1. The highest BCUT2D eigenvalue weighted by Gasteiger charge is 2.28. The maximum atomic E-state index is 13.0. The van der Waals surface area contributed by atoms with Crippen LogP contribution in [0.4, 0.5) is 4.39 Å². The van der Waals surface area contributed by atoms with Gasteiger partial charge in [0, 0.05) is 12.2 Å². The lowest BCUT2D eigenvalue weighted by atomic mass is 9.97. The zero-order chi connectivity index (χ0) is 15.5. The molecular weight excluding hydrogens is 305 g/mol. The van der Waals surface area contributed by atoms with Crippen molar-refractivity contribution in [2.45, 2.75) is 31.2 Å². The quantitative estimate of drug-likeness (QED) is 0.944. The van der Waals surface area contributed by atoms with Gasteiger partial charge in [0.05, 0.1) is 5.02 Å². The Morgan fingerprint density at radius 2 is 2.05 bits per heavy atom. The van der Waals surface area contributed by atoms with Crippen molar-refractivity contribution in [1.82, 2.24) is 15.3 Å². The van der Waals surface area contributed by atoms with Crippen LogP contribution >= 0.6 is 11.6 Å². The van der Waals surface area contributed by atoms with Gasteiger partial charge in [0.1, 0.15) is 17.8 Å². The molecule has 1 aromatic carbocycles. The molecular formula is C16H15ClFN3O. The highest BCUT2D eigenvalue weighted by Crippen LogP contribution is 2.34. The fourth-order valence-corrected chi connectivity index (χ4v) is 3.07. The van der Waals surface area contributed by atoms with Gasteiger partial charge in [-0.1, -0.05) is 23.7 Å². The van der Waals surface area contributed by atoms with Crippen molar-refractivity contribution in [3.63, 3.8) is 0 Å². The van der Waals surface area contributed by atoms with Crippen LogP contribution in [0.2, 0.25) is 5.02 Å². The Hall–Kier alpha value is -2.01. The molecule has 114 valence electrons. The van der Waals surface area contributed by atoms with Crippen LogP contribution in [0.5, 0.6) is 0 Å². The largest absolute Gasteiger partial charge is 0.348 e. The van der Waals surface area contributed by atoms with Crippen molar-refractivity contribution in [1.29, 1.82) is 0 Å². The number of carbonyl (C=O) groups is 1. The lowest BCUT2D eigenvalue weighted by Crippen LogP contribution is -2.33. The van der Waals surface area contributed by atoms with E-state index in [2.05, 4.69) is 15.3 Å². The highest BCUT2D eigenvalue weighted by atomic mass is 35.5. The van der Waals surface area contributed by atoms with Crippen LogP contribution in [0.3, 0.4) is 0 Å². The van der Waals surface area contributed by atoms with Crippen molar-refractivity contribution < 1.29 is 9.18 Å². The first-order valence-corrected chi connectivity index (χ1v) is 7.53. The van der Waals surface area contributed by atoms with Gasteiger partial charge in [0.15, 0.2) is 0 Å². The van der Waals surface area contributed by atoms with Crippen LogP contribution in [0.15, 0.2) is 36.8 Å². The zero-order valence-electron chi connectivity index (χ0n) is 11.8. The zero-order valence-corrected chi connectivity index (χ0v) is 12.6. The van der Waals surface area contributed by atoms with E-state index in [-0.39, 0.29) is 28.5 Å². The van der Waals surface area contributed by atoms with E-state index in [1.165, 1.54) is 24.7 Å². The number of nitrogens with one attached hydrogen (secondary N) is 1. The van der Waals surface area contributed by atoms with Crippen molar-refractivity contribution in [3.05, 3.63) is 58.9 Å². The third kappa shape index (κ3) is 3.25. The summed E-state index contributed by atoms with van der Waals surface area (Å²) in [7, 11) is 0. The second kappa shape index (κ2) is 6.40. The summed E-state index contributed by atoms with van der Waals surface area (Å²) in [5.74, 6) is -0.172. The van der Waals surface area contributed by atoms with Crippen LogP contribution in [-0.4, -0.2) is 21.9 Å². The molecule has 1 aromatic heterocycles. The van der Waals surface area contributed by atoms with Gasteiger partial charge in [-0.15, -0.1) is 0 Å². The summed E-state index contributed by atoms with van der Waals surface area (Å²) in [4.78, 5) is 19.8. The first-order valence-electron chi connectivity index (χ1n) is 7.15. The summed E-state index contributed by atoms with van der Waals surface area (Å²) >= 11 is 5.92. The van der Waals surface area contributed by atoms with Crippen LogP contribution in [0, 0.1) is 5.82 Å². The summed E-state index contributed by atoms with van der Waals surface area (Å²) in [5.41, 5.74) is 1.31. The highest BCUT2D eigenvalue weighted by molar-refractivity contribution is 6.33. The molecule has 2 aromatic rings. The Bertz CT molecular complexity index is 677.